The van der Waals surface area contributed by atoms with E-state index in [0.29, 0.717) is 23.7 Å². The van der Waals surface area contributed by atoms with Gasteiger partial charge >= 0.3 is 5.97 Å². The molecular formula is C31H36O5. The number of carbonyl (C=O) groups is 1. The first-order valence-corrected chi connectivity index (χ1v) is 12.0. The summed E-state index contributed by atoms with van der Waals surface area (Å²) < 4.78 is 23.3. The number of hydrogen-bond acceptors (Lipinski definition) is 5. The van der Waals surface area contributed by atoms with Gasteiger partial charge in [-0.15, -0.1) is 6.58 Å². The number of rotatable bonds is 9. The Balaban J connectivity index is 2.41. The van der Waals surface area contributed by atoms with E-state index in [1.165, 1.54) is 0 Å². The number of carbonyl (C=O) groups excluding carboxylic acids is 1. The van der Waals surface area contributed by atoms with Crippen LogP contribution in [0.1, 0.15) is 56.7 Å². The fraction of sp³-hybridized carbons (Fsp3) is 0.323. The third-order valence-electron chi connectivity index (χ3n) is 5.74. The van der Waals surface area contributed by atoms with Crippen LogP contribution in [-0.2, 0) is 9.53 Å². The molecule has 1 atom stereocenters. The first-order chi connectivity index (χ1) is 17.1. The monoisotopic (exact) mass is 488 g/mol. The van der Waals surface area contributed by atoms with Gasteiger partial charge in [0.15, 0.2) is 0 Å². The molecule has 0 N–H and O–H groups in total. The Bertz CT molecular complexity index is 1270. The SMILES string of the molecule is C=C(C)CC(C(=O)OC(C)(C)C)c1c(/C=C/c2ccccc2)cc2c(OC)ccc(OC)c2c1OC. The van der Waals surface area contributed by atoms with E-state index in [4.69, 9.17) is 18.9 Å². The number of benzene rings is 3. The molecular weight excluding hydrogens is 452 g/mol. The zero-order chi connectivity index (χ0) is 26.5. The van der Waals surface area contributed by atoms with Gasteiger partial charge in [-0.3, -0.25) is 4.79 Å². The molecule has 1 unspecified atom stereocenters. The van der Waals surface area contributed by atoms with E-state index in [2.05, 4.69) is 6.58 Å². The lowest BCUT2D eigenvalue weighted by Gasteiger charge is -2.27. The van der Waals surface area contributed by atoms with Crippen LogP contribution in [0.15, 0.2) is 60.7 Å². The summed E-state index contributed by atoms with van der Waals surface area (Å²) in [4.78, 5) is 13.6. The minimum atomic E-state index is -0.643. The number of esters is 1. The second kappa shape index (κ2) is 11.3. The summed E-state index contributed by atoms with van der Waals surface area (Å²) in [5.74, 6) is 0.888. The maximum atomic E-state index is 13.6. The largest absolute Gasteiger partial charge is 0.496 e. The molecule has 0 bridgehead atoms. The Kier molecular flexibility index (Phi) is 8.46. The quantitative estimate of drug-likeness (QED) is 0.178. The molecule has 5 nitrogen and oxygen atoms in total. The molecule has 0 fully saturated rings. The van der Waals surface area contributed by atoms with Gasteiger partial charge in [0.1, 0.15) is 22.8 Å². The Morgan fingerprint density at radius 1 is 0.944 bits per heavy atom. The lowest BCUT2D eigenvalue weighted by Crippen LogP contribution is -2.28. The van der Waals surface area contributed by atoms with Gasteiger partial charge in [0, 0.05) is 10.9 Å². The van der Waals surface area contributed by atoms with Crippen molar-refractivity contribution >= 4 is 28.9 Å². The summed E-state index contributed by atoms with van der Waals surface area (Å²) in [7, 11) is 4.85. The Morgan fingerprint density at radius 2 is 1.58 bits per heavy atom. The van der Waals surface area contributed by atoms with Crippen LogP contribution in [0, 0.1) is 0 Å². The van der Waals surface area contributed by atoms with Gasteiger partial charge in [-0.25, -0.2) is 0 Å². The predicted molar refractivity (Wildman–Crippen MR) is 147 cm³/mol. The molecule has 0 saturated heterocycles. The molecule has 3 rings (SSSR count). The number of hydrogen-bond donors (Lipinski definition) is 0. The van der Waals surface area contributed by atoms with Crippen LogP contribution in [0.2, 0.25) is 0 Å². The Hall–Kier alpha value is -3.73. The summed E-state index contributed by atoms with van der Waals surface area (Å²) in [6.45, 7) is 11.6. The molecule has 0 aromatic heterocycles. The summed E-state index contributed by atoms with van der Waals surface area (Å²) in [6, 6.07) is 15.7. The van der Waals surface area contributed by atoms with Crippen molar-refractivity contribution in [2.75, 3.05) is 21.3 Å². The third kappa shape index (κ3) is 6.09. The molecule has 0 spiro atoms. The Morgan fingerprint density at radius 3 is 2.14 bits per heavy atom. The molecule has 5 heteroatoms. The number of fused-ring (bicyclic) bond motifs is 1. The number of methoxy groups -OCH3 is 3. The maximum Gasteiger partial charge on any atom is 0.314 e. The first kappa shape index (κ1) is 26.9. The normalized spacial score (nSPS) is 12.4. The van der Waals surface area contributed by atoms with Gasteiger partial charge in [0.2, 0.25) is 0 Å². The topological polar surface area (TPSA) is 54.0 Å². The van der Waals surface area contributed by atoms with Crippen LogP contribution in [0.5, 0.6) is 17.2 Å². The lowest BCUT2D eigenvalue weighted by molar-refractivity contribution is -0.156. The molecule has 0 saturated carbocycles. The van der Waals surface area contributed by atoms with Gasteiger partial charge in [0.25, 0.3) is 0 Å². The maximum absolute atomic E-state index is 13.6. The van der Waals surface area contributed by atoms with Crippen molar-refractivity contribution in [2.45, 2.75) is 45.6 Å². The summed E-state index contributed by atoms with van der Waals surface area (Å²) in [5.41, 5.74) is 2.81. The highest BCUT2D eigenvalue weighted by Crippen LogP contribution is 2.47. The first-order valence-electron chi connectivity index (χ1n) is 12.0. The van der Waals surface area contributed by atoms with Crippen molar-refractivity contribution < 1.29 is 23.7 Å². The molecule has 190 valence electrons. The minimum absolute atomic E-state index is 0.334. The average molecular weight is 489 g/mol. The lowest BCUT2D eigenvalue weighted by atomic mass is 9.85. The number of ether oxygens (including phenoxy) is 4. The van der Waals surface area contributed by atoms with Crippen molar-refractivity contribution in [1.82, 2.24) is 0 Å². The van der Waals surface area contributed by atoms with Crippen molar-refractivity contribution in [3.05, 3.63) is 77.4 Å². The van der Waals surface area contributed by atoms with Crippen LogP contribution in [0.3, 0.4) is 0 Å². The van der Waals surface area contributed by atoms with E-state index in [9.17, 15) is 4.79 Å². The molecule has 3 aromatic carbocycles. The van der Waals surface area contributed by atoms with Crippen molar-refractivity contribution in [1.29, 1.82) is 0 Å². The van der Waals surface area contributed by atoms with Gasteiger partial charge < -0.3 is 18.9 Å². The van der Waals surface area contributed by atoms with Gasteiger partial charge in [0.05, 0.1) is 32.6 Å². The summed E-state index contributed by atoms with van der Waals surface area (Å²) in [5, 5.41) is 1.56. The molecule has 0 radical (unpaired) electrons. The Labute approximate surface area is 214 Å². The fourth-order valence-electron chi connectivity index (χ4n) is 4.29. The van der Waals surface area contributed by atoms with E-state index in [1.54, 1.807) is 21.3 Å². The highest BCUT2D eigenvalue weighted by Gasteiger charge is 2.32. The standard InChI is InChI=1S/C31H36O5/c1-20(2)18-24(30(32)36-31(3,4)5)27-22(15-14-21-12-10-9-11-13-21)19-23-25(33-6)16-17-26(34-7)28(23)29(27)35-8/h9-17,19,24H,1,18H2,2-8H3/b15-14+. The summed E-state index contributed by atoms with van der Waals surface area (Å²) in [6.07, 6.45) is 4.43. The van der Waals surface area contributed by atoms with Gasteiger partial charge in [-0.05, 0) is 63.4 Å². The van der Waals surface area contributed by atoms with E-state index < -0.39 is 11.5 Å². The van der Waals surface area contributed by atoms with E-state index in [0.717, 1.165) is 33.0 Å². The zero-order valence-corrected chi connectivity index (χ0v) is 22.3. The van der Waals surface area contributed by atoms with E-state index >= 15 is 0 Å². The van der Waals surface area contributed by atoms with Crippen LogP contribution in [0.25, 0.3) is 22.9 Å². The third-order valence-corrected chi connectivity index (χ3v) is 5.74. The second-order valence-corrected chi connectivity index (χ2v) is 9.80. The van der Waals surface area contributed by atoms with Crippen LogP contribution >= 0.6 is 0 Å². The van der Waals surface area contributed by atoms with Crippen molar-refractivity contribution in [2.24, 2.45) is 0 Å². The molecule has 0 aliphatic carbocycles. The van der Waals surface area contributed by atoms with Crippen LogP contribution in [0.4, 0.5) is 0 Å². The number of allylic oxidation sites excluding steroid dienone is 1. The van der Waals surface area contributed by atoms with E-state index in [-0.39, 0.29) is 5.97 Å². The van der Waals surface area contributed by atoms with Crippen molar-refractivity contribution in [3.8, 4) is 17.2 Å². The molecule has 0 aliphatic heterocycles. The molecule has 0 aliphatic rings. The molecule has 0 amide bonds. The fourth-order valence-corrected chi connectivity index (χ4v) is 4.29. The van der Waals surface area contributed by atoms with Crippen LogP contribution < -0.4 is 14.2 Å². The molecule has 36 heavy (non-hydrogen) atoms. The minimum Gasteiger partial charge on any atom is -0.496 e. The zero-order valence-electron chi connectivity index (χ0n) is 22.3. The van der Waals surface area contributed by atoms with Crippen molar-refractivity contribution in [3.63, 3.8) is 0 Å². The molecule has 0 heterocycles. The van der Waals surface area contributed by atoms with Gasteiger partial charge in [-0.2, -0.15) is 0 Å². The van der Waals surface area contributed by atoms with Crippen LogP contribution in [-0.4, -0.2) is 32.9 Å². The highest BCUT2D eigenvalue weighted by atomic mass is 16.6. The second-order valence-electron chi connectivity index (χ2n) is 9.80. The summed E-state index contributed by atoms with van der Waals surface area (Å²) >= 11 is 0. The predicted octanol–water partition coefficient (Wildman–Crippen LogP) is 7.43. The average Bonchev–Trinajstić information content (AvgIpc) is 2.83. The van der Waals surface area contributed by atoms with E-state index in [1.807, 2.05) is 88.4 Å². The highest BCUT2D eigenvalue weighted by molar-refractivity contribution is 6.02. The van der Waals surface area contributed by atoms with Gasteiger partial charge in [-0.1, -0.05) is 48.1 Å². The smallest absolute Gasteiger partial charge is 0.314 e. The molecule has 3 aromatic rings.